The summed E-state index contributed by atoms with van der Waals surface area (Å²) >= 11 is 7.74. The van der Waals surface area contributed by atoms with E-state index in [0.717, 1.165) is 29.4 Å². The predicted molar refractivity (Wildman–Crippen MR) is 80.3 cm³/mol. The van der Waals surface area contributed by atoms with E-state index in [1.165, 1.54) is 11.8 Å². The molecular formula is C13H17ClN4OS. The Bertz CT molecular complexity index is 561. The molecular weight excluding hydrogens is 296 g/mol. The number of H-pyrrole nitrogens is 1. The molecule has 2 rings (SSSR count). The lowest BCUT2D eigenvalue weighted by atomic mass is 10.2. The molecule has 0 aliphatic heterocycles. The number of benzene rings is 1. The second kappa shape index (κ2) is 7.64. The van der Waals surface area contributed by atoms with Crippen LogP contribution in [0.2, 0.25) is 5.02 Å². The number of aryl methyl sites for hydroxylation is 1. The van der Waals surface area contributed by atoms with E-state index in [1.807, 2.05) is 25.1 Å². The summed E-state index contributed by atoms with van der Waals surface area (Å²) in [6.45, 7) is 4.16. The topological polar surface area (TPSA) is 62.8 Å². The van der Waals surface area contributed by atoms with E-state index in [1.54, 1.807) is 7.11 Å². The number of ether oxygens (including phenoxy) is 1. The summed E-state index contributed by atoms with van der Waals surface area (Å²) in [7, 11) is 1.69. The smallest absolute Gasteiger partial charge is 0.213 e. The molecule has 0 aliphatic carbocycles. The number of nitrogens with zero attached hydrogens (tertiary/aromatic N) is 2. The summed E-state index contributed by atoms with van der Waals surface area (Å²) in [5.74, 6) is 0.794. The molecule has 0 fully saturated rings. The van der Waals surface area contributed by atoms with Crippen LogP contribution in [0.25, 0.3) is 0 Å². The van der Waals surface area contributed by atoms with Gasteiger partial charge in [0, 0.05) is 25.1 Å². The monoisotopic (exact) mass is 312 g/mol. The summed E-state index contributed by atoms with van der Waals surface area (Å²) in [5, 5.41) is 11.6. The number of hydrogen-bond acceptors (Lipinski definition) is 5. The third kappa shape index (κ3) is 4.49. The second-order valence-corrected chi connectivity index (χ2v) is 5.66. The Morgan fingerprint density at radius 2 is 2.30 bits per heavy atom. The van der Waals surface area contributed by atoms with Crippen molar-refractivity contribution in [2.24, 2.45) is 0 Å². The normalized spacial score (nSPS) is 10.9. The van der Waals surface area contributed by atoms with Gasteiger partial charge >= 0.3 is 0 Å². The Kier molecular flexibility index (Phi) is 5.85. The van der Waals surface area contributed by atoms with Crippen LogP contribution in [-0.2, 0) is 11.3 Å². The number of aromatic nitrogens is 3. The molecule has 7 heteroatoms. The van der Waals surface area contributed by atoms with Gasteiger partial charge in [-0.15, -0.1) is 5.10 Å². The standard InChI is InChI=1S/C13H17ClN4OS/c1-9-16-13(18-17-9)20-12-4-3-10(7-11(12)14)8-15-5-6-19-2/h3-4,7,15H,5-6,8H2,1-2H3,(H,16,17,18). The van der Waals surface area contributed by atoms with Gasteiger partial charge in [-0.1, -0.05) is 17.7 Å². The quantitative estimate of drug-likeness (QED) is 0.770. The van der Waals surface area contributed by atoms with Crippen molar-refractivity contribution in [2.75, 3.05) is 20.3 Å². The minimum Gasteiger partial charge on any atom is -0.383 e. The van der Waals surface area contributed by atoms with E-state index in [2.05, 4.69) is 20.5 Å². The van der Waals surface area contributed by atoms with Gasteiger partial charge in [0.1, 0.15) is 5.82 Å². The van der Waals surface area contributed by atoms with Crippen LogP contribution >= 0.6 is 23.4 Å². The molecule has 108 valence electrons. The summed E-state index contributed by atoms with van der Waals surface area (Å²) in [6.07, 6.45) is 0. The van der Waals surface area contributed by atoms with Gasteiger partial charge in [-0.2, -0.15) is 0 Å². The lowest BCUT2D eigenvalue weighted by molar-refractivity contribution is 0.199. The molecule has 20 heavy (non-hydrogen) atoms. The Morgan fingerprint density at radius 1 is 1.45 bits per heavy atom. The number of methoxy groups -OCH3 is 1. The Balaban J connectivity index is 1.95. The van der Waals surface area contributed by atoms with Crippen LogP contribution in [0.4, 0.5) is 0 Å². The molecule has 1 aromatic carbocycles. The van der Waals surface area contributed by atoms with Gasteiger partial charge in [0.15, 0.2) is 0 Å². The highest BCUT2D eigenvalue weighted by Gasteiger charge is 2.07. The van der Waals surface area contributed by atoms with Gasteiger partial charge in [0.05, 0.1) is 11.6 Å². The molecule has 0 spiro atoms. The molecule has 1 aromatic heterocycles. The van der Waals surface area contributed by atoms with Crippen LogP contribution in [0.3, 0.4) is 0 Å². The van der Waals surface area contributed by atoms with E-state index in [0.29, 0.717) is 16.8 Å². The van der Waals surface area contributed by atoms with E-state index in [4.69, 9.17) is 16.3 Å². The van der Waals surface area contributed by atoms with Crippen molar-refractivity contribution in [2.45, 2.75) is 23.5 Å². The lowest BCUT2D eigenvalue weighted by Crippen LogP contribution is -2.18. The number of nitrogens with one attached hydrogen (secondary N) is 2. The largest absolute Gasteiger partial charge is 0.383 e. The molecule has 2 N–H and O–H groups in total. The molecule has 0 amide bonds. The zero-order valence-corrected chi connectivity index (χ0v) is 13.0. The summed E-state index contributed by atoms with van der Waals surface area (Å²) in [4.78, 5) is 5.20. The van der Waals surface area contributed by atoms with Crippen LogP contribution in [-0.4, -0.2) is 35.4 Å². The van der Waals surface area contributed by atoms with Crippen molar-refractivity contribution in [3.05, 3.63) is 34.6 Å². The number of hydrogen-bond donors (Lipinski definition) is 2. The van der Waals surface area contributed by atoms with Gasteiger partial charge in [0.2, 0.25) is 5.16 Å². The van der Waals surface area contributed by atoms with Gasteiger partial charge in [-0.25, -0.2) is 4.98 Å². The van der Waals surface area contributed by atoms with Gasteiger partial charge in [0.25, 0.3) is 0 Å². The summed E-state index contributed by atoms with van der Waals surface area (Å²) < 4.78 is 4.98. The van der Waals surface area contributed by atoms with E-state index in [9.17, 15) is 0 Å². The van der Waals surface area contributed by atoms with Crippen molar-refractivity contribution < 1.29 is 4.74 Å². The van der Waals surface area contributed by atoms with Crippen molar-refractivity contribution >= 4 is 23.4 Å². The maximum atomic E-state index is 6.29. The summed E-state index contributed by atoms with van der Waals surface area (Å²) in [5.41, 5.74) is 1.14. The average Bonchev–Trinajstić information content (AvgIpc) is 2.83. The number of rotatable bonds is 7. The Morgan fingerprint density at radius 3 is 2.95 bits per heavy atom. The molecule has 0 bridgehead atoms. The molecule has 0 aliphatic rings. The van der Waals surface area contributed by atoms with Crippen LogP contribution in [0.1, 0.15) is 11.4 Å². The minimum absolute atomic E-state index is 0.676. The van der Waals surface area contributed by atoms with Crippen molar-refractivity contribution in [3.63, 3.8) is 0 Å². The maximum absolute atomic E-state index is 6.29. The zero-order chi connectivity index (χ0) is 14.4. The molecule has 0 radical (unpaired) electrons. The Labute approximate surface area is 127 Å². The van der Waals surface area contributed by atoms with Crippen molar-refractivity contribution in [3.8, 4) is 0 Å². The molecule has 0 atom stereocenters. The first-order valence-electron chi connectivity index (χ1n) is 6.24. The maximum Gasteiger partial charge on any atom is 0.213 e. The molecule has 2 aromatic rings. The lowest BCUT2D eigenvalue weighted by Gasteiger charge is -2.07. The zero-order valence-electron chi connectivity index (χ0n) is 11.4. The average molecular weight is 313 g/mol. The first-order valence-corrected chi connectivity index (χ1v) is 7.43. The van der Waals surface area contributed by atoms with Crippen LogP contribution in [0, 0.1) is 6.92 Å². The van der Waals surface area contributed by atoms with Gasteiger partial charge in [-0.3, -0.25) is 5.10 Å². The molecule has 1 heterocycles. The van der Waals surface area contributed by atoms with Gasteiger partial charge < -0.3 is 10.1 Å². The third-order valence-corrected chi connectivity index (χ3v) is 3.95. The Hall–Kier alpha value is -1.08. The first kappa shape index (κ1) is 15.3. The van der Waals surface area contributed by atoms with Crippen LogP contribution in [0.5, 0.6) is 0 Å². The fourth-order valence-electron chi connectivity index (χ4n) is 1.61. The molecule has 0 saturated carbocycles. The number of aromatic amines is 1. The second-order valence-electron chi connectivity index (χ2n) is 4.24. The van der Waals surface area contributed by atoms with Crippen LogP contribution in [0.15, 0.2) is 28.3 Å². The predicted octanol–water partition coefficient (Wildman–Crippen LogP) is 2.65. The fourth-order valence-corrected chi connectivity index (χ4v) is 2.69. The summed E-state index contributed by atoms with van der Waals surface area (Å²) in [6, 6.07) is 6.00. The highest BCUT2D eigenvalue weighted by Crippen LogP contribution is 2.31. The molecule has 0 unspecified atom stereocenters. The van der Waals surface area contributed by atoms with Crippen molar-refractivity contribution in [1.82, 2.24) is 20.5 Å². The first-order chi connectivity index (χ1) is 9.69. The minimum atomic E-state index is 0.676. The highest BCUT2D eigenvalue weighted by molar-refractivity contribution is 7.99. The van der Waals surface area contributed by atoms with E-state index >= 15 is 0 Å². The SMILES string of the molecule is COCCNCc1ccc(Sc2n[nH]c(C)n2)c(Cl)c1. The molecule has 5 nitrogen and oxygen atoms in total. The van der Waals surface area contributed by atoms with E-state index in [-0.39, 0.29) is 0 Å². The third-order valence-electron chi connectivity index (χ3n) is 2.59. The molecule has 0 saturated heterocycles. The fraction of sp³-hybridized carbons (Fsp3) is 0.385. The highest BCUT2D eigenvalue weighted by atomic mass is 35.5. The van der Waals surface area contributed by atoms with Crippen molar-refractivity contribution in [1.29, 1.82) is 0 Å². The van der Waals surface area contributed by atoms with Gasteiger partial charge in [-0.05, 0) is 36.4 Å². The van der Waals surface area contributed by atoms with E-state index < -0.39 is 0 Å². The van der Waals surface area contributed by atoms with Crippen LogP contribution < -0.4 is 5.32 Å². The number of halogens is 1.